The molecule has 0 spiro atoms. The molecule has 0 aromatic carbocycles. The number of methoxy groups -OCH3 is 1. The third-order valence-corrected chi connectivity index (χ3v) is 3.99. The van der Waals surface area contributed by atoms with Gasteiger partial charge in [-0.15, -0.1) is 0 Å². The average molecular weight is 295 g/mol. The number of carbonyl (C=O) groups excluding carboxylic acids is 2. The van der Waals surface area contributed by atoms with Crippen LogP contribution < -0.4 is 5.32 Å². The molecule has 0 fully saturated rings. The molecular formula is C10H17NO7S. The van der Waals surface area contributed by atoms with E-state index >= 15 is 0 Å². The predicted octanol–water partition coefficient (Wildman–Crippen LogP) is -1.06. The number of ether oxygens (including phenoxy) is 1. The van der Waals surface area contributed by atoms with Gasteiger partial charge in [-0.05, 0) is 13.3 Å². The van der Waals surface area contributed by atoms with Crippen molar-refractivity contribution in [3.05, 3.63) is 0 Å². The van der Waals surface area contributed by atoms with E-state index in [0.29, 0.717) is 0 Å². The van der Waals surface area contributed by atoms with Crippen molar-refractivity contribution in [3.63, 3.8) is 0 Å². The van der Waals surface area contributed by atoms with Crippen molar-refractivity contribution < 1.29 is 32.6 Å². The van der Waals surface area contributed by atoms with Crippen molar-refractivity contribution in [3.8, 4) is 0 Å². The van der Waals surface area contributed by atoms with Crippen LogP contribution in [0.4, 0.5) is 0 Å². The number of carbonyl (C=O) groups is 3. The number of sulfone groups is 1. The lowest BCUT2D eigenvalue weighted by Gasteiger charge is -2.16. The summed E-state index contributed by atoms with van der Waals surface area (Å²) in [5.74, 6) is -2.88. The van der Waals surface area contributed by atoms with Crippen LogP contribution in [0, 0.1) is 0 Å². The Balaban J connectivity index is 4.64. The summed E-state index contributed by atoms with van der Waals surface area (Å²) in [6, 6.07) is -1.34. The van der Waals surface area contributed by atoms with E-state index in [0.717, 1.165) is 20.3 Å². The van der Waals surface area contributed by atoms with Crippen LogP contribution in [0.15, 0.2) is 0 Å². The number of carboxylic acid groups (broad SMARTS) is 1. The van der Waals surface area contributed by atoms with Crippen LogP contribution in [-0.2, 0) is 29.0 Å². The molecule has 0 saturated heterocycles. The smallest absolute Gasteiger partial charge is 0.326 e. The first kappa shape index (κ1) is 17.4. The molecule has 0 aromatic heterocycles. The molecule has 2 atom stereocenters. The molecule has 110 valence electrons. The molecule has 1 unspecified atom stereocenters. The molecule has 8 nitrogen and oxygen atoms in total. The lowest BCUT2D eigenvalue weighted by Crippen LogP contribution is -2.46. The standard InChI is InChI=1S/C10H17NO7S/c1-6(19(3,16)17)9(13)11-7(10(14)15)4-5-8(12)18-2/h6-7H,4-5H2,1-3H3,(H,11,13)(H,14,15)/t6?,7-/m0/s1. The second kappa shape index (κ2) is 7.07. The first-order chi connectivity index (χ1) is 8.59. The van der Waals surface area contributed by atoms with E-state index in [1.807, 2.05) is 0 Å². The van der Waals surface area contributed by atoms with Gasteiger partial charge >= 0.3 is 11.9 Å². The molecule has 0 bridgehead atoms. The highest BCUT2D eigenvalue weighted by atomic mass is 32.2. The number of nitrogens with one attached hydrogen (secondary N) is 1. The highest BCUT2D eigenvalue weighted by Gasteiger charge is 2.28. The van der Waals surface area contributed by atoms with Gasteiger partial charge in [0, 0.05) is 12.7 Å². The summed E-state index contributed by atoms with van der Waals surface area (Å²) in [5.41, 5.74) is 0. The topological polar surface area (TPSA) is 127 Å². The van der Waals surface area contributed by atoms with Crippen LogP contribution in [0.25, 0.3) is 0 Å². The highest BCUT2D eigenvalue weighted by molar-refractivity contribution is 7.92. The van der Waals surface area contributed by atoms with Crippen LogP contribution in [0.1, 0.15) is 19.8 Å². The summed E-state index contributed by atoms with van der Waals surface area (Å²) in [5, 5.41) is 9.60. The molecular weight excluding hydrogens is 278 g/mol. The van der Waals surface area contributed by atoms with Crippen molar-refractivity contribution in [1.82, 2.24) is 5.32 Å². The molecule has 0 radical (unpaired) electrons. The number of aliphatic carboxylic acids is 1. The molecule has 19 heavy (non-hydrogen) atoms. The van der Waals surface area contributed by atoms with Crippen LogP contribution in [0.3, 0.4) is 0 Å². The third-order valence-electron chi connectivity index (χ3n) is 2.49. The highest BCUT2D eigenvalue weighted by Crippen LogP contribution is 2.03. The van der Waals surface area contributed by atoms with Gasteiger partial charge in [-0.3, -0.25) is 9.59 Å². The van der Waals surface area contributed by atoms with Gasteiger partial charge in [-0.2, -0.15) is 0 Å². The molecule has 0 saturated carbocycles. The van der Waals surface area contributed by atoms with Gasteiger partial charge in [-0.25, -0.2) is 13.2 Å². The maximum Gasteiger partial charge on any atom is 0.326 e. The molecule has 9 heteroatoms. The van der Waals surface area contributed by atoms with Crippen molar-refractivity contribution in [2.45, 2.75) is 31.1 Å². The number of esters is 1. The summed E-state index contributed by atoms with van der Waals surface area (Å²) in [4.78, 5) is 33.3. The minimum absolute atomic E-state index is 0.176. The summed E-state index contributed by atoms with van der Waals surface area (Å²) >= 11 is 0. The zero-order valence-corrected chi connectivity index (χ0v) is 11.7. The maximum atomic E-state index is 11.5. The fourth-order valence-electron chi connectivity index (χ4n) is 1.11. The number of amides is 1. The summed E-state index contributed by atoms with van der Waals surface area (Å²) in [6.45, 7) is 1.16. The first-order valence-corrected chi connectivity index (χ1v) is 7.34. The molecule has 0 rings (SSSR count). The predicted molar refractivity (Wildman–Crippen MR) is 65.1 cm³/mol. The van der Waals surface area contributed by atoms with Gasteiger partial charge in [-0.1, -0.05) is 0 Å². The van der Waals surface area contributed by atoms with Crippen molar-refractivity contribution in [2.24, 2.45) is 0 Å². The number of rotatable bonds is 7. The van der Waals surface area contributed by atoms with Crippen LogP contribution in [0.2, 0.25) is 0 Å². The Kier molecular flexibility index (Phi) is 6.46. The molecule has 0 aliphatic rings. The Morgan fingerprint density at radius 1 is 1.32 bits per heavy atom. The zero-order chi connectivity index (χ0) is 15.2. The van der Waals surface area contributed by atoms with E-state index < -0.39 is 39.0 Å². The van der Waals surface area contributed by atoms with Gasteiger partial charge in [0.2, 0.25) is 5.91 Å². The molecule has 2 N–H and O–H groups in total. The summed E-state index contributed by atoms with van der Waals surface area (Å²) in [7, 11) is -2.45. The minimum Gasteiger partial charge on any atom is -0.480 e. The molecule has 0 aliphatic carbocycles. The van der Waals surface area contributed by atoms with E-state index in [4.69, 9.17) is 5.11 Å². The minimum atomic E-state index is -3.61. The Morgan fingerprint density at radius 3 is 2.21 bits per heavy atom. The number of carboxylic acids is 1. The van der Waals surface area contributed by atoms with Crippen molar-refractivity contribution in [2.75, 3.05) is 13.4 Å². The van der Waals surface area contributed by atoms with E-state index in [2.05, 4.69) is 10.1 Å². The van der Waals surface area contributed by atoms with E-state index in [1.54, 1.807) is 0 Å². The van der Waals surface area contributed by atoms with Crippen LogP contribution >= 0.6 is 0 Å². The Hall–Kier alpha value is -1.64. The monoisotopic (exact) mass is 295 g/mol. The summed E-state index contributed by atoms with van der Waals surface area (Å²) in [6.07, 6.45) is 0.507. The molecule has 1 amide bonds. The maximum absolute atomic E-state index is 11.5. The quantitative estimate of drug-likeness (QED) is 0.573. The van der Waals surface area contributed by atoms with Gasteiger partial charge in [0.15, 0.2) is 9.84 Å². The Labute approximate surface area is 111 Å². The summed E-state index contributed by atoms with van der Waals surface area (Å²) < 4.78 is 26.7. The second-order valence-electron chi connectivity index (χ2n) is 3.99. The second-order valence-corrected chi connectivity index (χ2v) is 6.35. The normalized spacial score (nSPS) is 14.3. The SMILES string of the molecule is COC(=O)CC[C@H](NC(=O)C(C)S(C)(=O)=O)C(=O)O. The third kappa shape index (κ3) is 6.18. The van der Waals surface area contributed by atoms with Gasteiger partial charge < -0.3 is 15.2 Å². The Morgan fingerprint density at radius 2 is 1.84 bits per heavy atom. The van der Waals surface area contributed by atoms with Crippen molar-refractivity contribution >= 4 is 27.7 Å². The number of hydrogen-bond acceptors (Lipinski definition) is 6. The van der Waals surface area contributed by atoms with Crippen LogP contribution in [-0.4, -0.2) is 56.0 Å². The van der Waals surface area contributed by atoms with E-state index in [-0.39, 0.29) is 12.8 Å². The van der Waals surface area contributed by atoms with Gasteiger partial charge in [0.25, 0.3) is 0 Å². The lowest BCUT2D eigenvalue weighted by atomic mass is 10.1. The average Bonchev–Trinajstić information content (AvgIpc) is 2.30. The van der Waals surface area contributed by atoms with Gasteiger partial charge in [0.1, 0.15) is 11.3 Å². The molecule has 0 aliphatic heterocycles. The molecule has 0 heterocycles. The van der Waals surface area contributed by atoms with Gasteiger partial charge in [0.05, 0.1) is 7.11 Å². The Bertz CT molecular complexity index is 456. The fraction of sp³-hybridized carbons (Fsp3) is 0.700. The van der Waals surface area contributed by atoms with Crippen LogP contribution in [0.5, 0.6) is 0 Å². The van der Waals surface area contributed by atoms with E-state index in [1.165, 1.54) is 0 Å². The first-order valence-electron chi connectivity index (χ1n) is 5.38. The van der Waals surface area contributed by atoms with Crippen molar-refractivity contribution in [1.29, 1.82) is 0 Å². The zero-order valence-electron chi connectivity index (χ0n) is 10.9. The lowest BCUT2D eigenvalue weighted by molar-refractivity contribution is -0.144. The van der Waals surface area contributed by atoms with E-state index in [9.17, 15) is 22.8 Å². The largest absolute Gasteiger partial charge is 0.480 e. The number of hydrogen-bond donors (Lipinski definition) is 2. The molecule has 0 aromatic rings. The fourth-order valence-corrected chi connectivity index (χ4v) is 1.56.